The fraction of sp³-hybridized carbons (Fsp3) is 0.357. The minimum absolute atomic E-state index is 0.0223. The predicted molar refractivity (Wildman–Crippen MR) is 151 cm³/mol. The number of hydrogen-bond acceptors (Lipinski definition) is 11. The molecule has 5 heterocycles. The number of carbonyl (C=O) groups excluding carboxylic acids is 1. The highest BCUT2D eigenvalue weighted by Gasteiger charge is 2.14. The molecule has 0 unspecified atom stereocenters. The van der Waals surface area contributed by atoms with E-state index in [0.717, 1.165) is 87.7 Å². The summed E-state index contributed by atoms with van der Waals surface area (Å²) in [5, 5.41) is 20.5. The van der Waals surface area contributed by atoms with E-state index in [0.29, 0.717) is 6.29 Å². The molecule has 2 aliphatic heterocycles. The molecule has 13 nitrogen and oxygen atoms in total. The summed E-state index contributed by atoms with van der Waals surface area (Å²) in [4.78, 5) is 41.4. The zero-order valence-electron chi connectivity index (χ0n) is 22.5. The van der Waals surface area contributed by atoms with Crippen LogP contribution in [-0.4, -0.2) is 57.5 Å². The summed E-state index contributed by atoms with van der Waals surface area (Å²) in [5.41, 5.74) is 9.61. The molecule has 13 heteroatoms. The molecule has 41 heavy (non-hydrogen) atoms. The Hall–Kier alpha value is -4.62. The lowest BCUT2D eigenvalue weighted by Crippen LogP contribution is -2.17. The van der Waals surface area contributed by atoms with Crippen LogP contribution in [0.3, 0.4) is 0 Å². The van der Waals surface area contributed by atoms with Crippen molar-refractivity contribution in [1.29, 1.82) is 0 Å². The van der Waals surface area contributed by atoms with Crippen LogP contribution in [0.15, 0.2) is 60.6 Å². The van der Waals surface area contributed by atoms with Gasteiger partial charge in [-0.05, 0) is 68.4 Å². The Bertz CT molecular complexity index is 1290. The van der Waals surface area contributed by atoms with E-state index >= 15 is 0 Å². The Morgan fingerprint density at radius 3 is 1.88 bits per heavy atom. The first kappa shape index (κ1) is 30.9. The number of anilines is 1. The first-order chi connectivity index (χ1) is 19.8. The number of nitrogens with two attached hydrogens (primary N) is 1. The molecule has 3 aromatic rings. The van der Waals surface area contributed by atoms with Crippen molar-refractivity contribution >= 4 is 29.4 Å². The second-order valence-electron chi connectivity index (χ2n) is 9.27. The van der Waals surface area contributed by atoms with Gasteiger partial charge in [0.2, 0.25) is 0 Å². The molecule has 2 N–H and O–H groups in total. The summed E-state index contributed by atoms with van der Waals surface area (Å²) in [5.74, 6) is 0.736. The fourth-order valence-electron chi connectivity index (χ4n) is 3.96. The van der Waals surface area contributed by atoms with Crippen molar-refractivity contribution in [3.05, 3.63) is 97.9 Å². The Balaban J connectivity index is 0.000000172. The molecular weight excluding hydrogens is 532 g/mol. The molecule has 5 rings (SSSR count). The smallest absolute Gasteiger partial charge is 0.287 e. The first-order valence-corrected chi connectivity index (χ1v) is 13.1. The van der Waals surface area contributed by atoms with E-state index < -0.39 is 9.85 Å². The van der Waals surface area contributed by atoms with Crippen molar-refractivity contribution in [2.45, 2.75) is 32.1 Å². The maximum atomic E-state index is 10.4. The standard InChI is InChI=1S/C11H12N2O3.C11H16N2O.C6H4N2O3/c14-13(15)11-2-1-10(12-8-11)7-9-3-5-16-6-4-9;12-10-1-2-11(13-8-10)7-9-3-5-14-6-4-9;9-4-5-1-2-6(3-7-5)8(10)11/h1-2,7-8H,3-6H2;1-2,8-9H,3-7,12H2;1-4H. The van der Waals surface area contributed by atoms with Gasteiger partial charge in [-0.15, -0.1) is 0 Å². The number of nitrogen functional groups attached to an aromatic ring is 1. The predicted octanol–water partition coefficient (Wildman–Crippen LogP) is 4.62. The number of hydrogen-bond donors (Lipinski definition) is 1. The molecule has 0 aliphatic carbocycles. The number of pyridine rings is 3. The van der Waals surface area contributed by atoms with Crippen molar-refractivity contribution in [2.75, 3.05) is 32.2 Å². The molecule has 0 amide bonds. The molecule has 2 fully saturated rings. The van der Waals surface area contributed by atoms with E-state index in [-0.39, 0.29) is 17.1 Å². The van der Waals surface area contributed by atoms with Gasteiger partial charge < -0.3 is 15.2 Å². The van der Waals surface area contributed by atoms with Crippen LogP contribution < -0.4 is 5.73 Å². The third-order valence-electron chi connectivity index (χ3n) is 6.26. The van der Waals surface area contributed by atoms with Crippen molar-refractivity contribution in [2.24, 2.45) is 5.92 Å². The lowest BCUT2D eigenvalue weighted by atomic mass is 9.95. The van der Waals surface area contributed by atoms with E-state index in [9.17, 15) is 25.0 Å². The van der Waals surface area contributed by atoms with Crippen LogP contribution in [-0.2, 0) is 15.9 Å². The Kier molecular flexibility index (Phi) is 12.4. The van der Waals surface area contributed by atoms with Gasteiger partial charge in [-0.25, -0.2) is 9.97 Å². The normalized spacial score (nSPS) is 14.9. The van der Waals surface area contributed by atoms with Crippen LogP contribution in [0.5, 0.6) is 0 Å². The van der Waals surface area contributed by atoms with Crippen LogP contribution in [0.4, 0.5) is 17.1 Å². The van der Waals surface area contributed by atoms with Crippen LogP contribution in [0.25, 0.3) is 6.08 Å². The van der Waals surface area contributed by atoms with Gasteiger partial charge in [-0.2, -0.15) is 0 Å². The van der Waals surface area contributed by atoms with Gasteiger partial charge >= 0.3 is 0 Å². The topological polar surface area (TPSA) is 186 Å². The maximum absolute atomic E-state index is 10.4. The van der Waals surface area contributed by atoms with Crippen molar-refractivity contribution in [3.8, 4) is 0 Å². The molecule has 216 valence electrons. The van der Waals surface area contributed by atoms with E-state index in [1.54, 1.807) is 12.3 Å². The van der Waals surface area contributed by atoms with Crippen molar-refractivity contribution in [3.63, 3.8) is 0 Å². The summed E-state index contributed by atoms with van der Waals surface area (Å²) >= 11 is 0. The van der Waals surface area contributed by atoms with Crippen LogP contribution >= 0.6 is 0 Å². The molecule has 3 aromatic heterocycles. The lowest BCUT2D eigenvalue weighted by Gasteiger charge is -2.21. The number of aldehydes is 1. The van der Waals surface area contributed by atoms with E-state index in [1.807, 2.05) is 18.2 Å². The van der Waals surface area contributed by atoms with E-state index in [1.165, 1.54) is 30.0 Å². The Labute approximate surface area is 236 Å². The molecule has 0 aromatic carbocycles. The second-order valence-corrected chi connectivity index (χ2v) is 9.27. The summed E-state index contributed by atoms with van der Waals surface area (Å²) in [7, 11) is 0. The summed E-state index contributed by atoms with van der Waals surface area (Å²) < 4.78 is 10.6. The molecular formula is C28H32N6O7. The summed E-state index contributed by atoms with van der Waals surface area (Å²) in [6, 6.07) is 9.60. The molecule has 0 saturated carbocycles. The SMILES string of the molecule is Nc1ccc(CC2CCOCC2)nc1.O=Cc1ccc([N+](=O)[O-])cn1.O=[N+]([O-])c1ccc(C=C2CCOCC2)nc1. The lowest BCUT2D eigenvalue weighted by molar-refractivity contribution is -0.385. The largest absolute Gasteiger partial charge is 0.397 e. The zero-order valence-corrected chi connectivity index (χ0v) is 22.5. The monoisotopic (exact) mass is 564 g/mol. The number of aromatic nitrogens is 3. The van der Waals surface area contributed by atoms with Gasteiger partial charge in [-0.3, -0.25) is 30.0 Å². The Morgan fingerprint density at radius 1 is 0.805 bits per heavy atom. The van der Waals surface area contributed by atoms with E-state index in [2.05, 4.69) is 15.0 Å². The Morgan fingerprint density at radius 2 is 1.39 bits per heavy atom. The van der Waals surface area contributed by atoms with Gasteiger partial charge in [0.05, 0.1) is 40.6 Å². The summed E-state index contributed by atoms with van der Waals surface area (Å²) in [6.45, 7) is 3.30. The summed E-state index contributed by atoms with van der Waals surface area (Å²) in [6.07, 6.45) is 11.8. The van der Waals surface area contributed by atoms with Gasteiger partial charge in [0.25, 0.3) is 11.4 Å². The highest BCUT2D eigenvalue weighted by atomic mass is 16.6. The van der Waals surface area contributed by atoms with Crippen LogP contribution in [0.1, 0.15) is 47.6 Å². The van der Waals surface area contributed by atoms with Crippen molar-refractivity contribution in [1.82, 2.24) is 15.0 Å². The van der Waals surface area contributed by atoms with E-state index in [4.69, 9.17) is 15.2 Å². The maximum Gasteiger partial charge on any atom is 0.287 e. The quantitative estimate of drug-likeness (QED) is 0.250. The van der Waals surface area contributed by atoms with Crippen LogP contribution in [0, 0.1) is 26.1 Å². The minimum Gasteiger partial charge on any atom is -0.397 e. The van der Waals surface area contributed by atoms with Gasteiger partial charge in [0, 0.05) is 31.0 Å². The van der Waals surface area contributed by atoms with Crippen LogP contribution in [0.2, 0.25) is 0 Å². The zero-order chi connectivity index (χ0) is 29.5. The average molecular weight is 565 g/mol. The highest BCUT2D eigenvalue weighted by Crippen LogP contribution is 2.19. The number of nitrogens with zero attached hydrogens (tertiary/aromatic N) is 5. The minimum atomic E-state index is -0.568. The number of ether oxygens (including phenoxy) is 2. The number of nitro groups is 2. The van der Waals surface area contributed by atoms with Gasteiger partial charge in [0.15, 0.2) is 6.29 Å². The average Bonchev–Trinajstić information content (AvgIpc) is 3.00. The molecule has 0 radical (unpaired) electrons. The fourth-order valence-corrected chi connectivity index (χ4v) is 3.96. The van der Waals surface area contributed by atoms with Crippen molar-refractivity contribution < 1.29 is 24.1 Å². The molecule has 2 aliphatic rings. The molecule has 0 spiro atoms. The molecule has 0 atom stereocenters. The number of carbonyl (C=O) groups is 1. The highest BCUT2D eigenvalue weighted by molar-refractivity contribution is 5.71. The molecule has 2 saturated heterocycles. The van der Waals surface area contributed by atoms with Gasteiger partial charge in [-0.1, -0.05) is 5.57 Å². The molecule has 0 bridgehead atoms. The second kappa shape index (κ2) is 16.5. The third-order valence-corrected chi connectivity index (χ3v) is 6.26. The third kappa shape index (κ3) is 11.2. The van der Waals surface area contributed by atoms with Gasteiger partial charge in [0.1, 0.15) is 18.1 Å². The first-order valence-electron chi connectivity index (χ1n) is 13.1. The number of rotatable bonds is 6.